The summed E-state index contributed by atoms with van der Waals surface area (Å²) in [6.45, 7) is 0.0968. The first kappa shape index (κ1) is 21.6. The van der Waals surface area contributed by atoms with Crippen LogP contribution < -0.4 is 0 Å². The van der Waals surface area contributed by atoms with Crippen LogP contribution in [0.1, 0.15) is 37.7 Å². The van der Waals surface area contributed by atoms with Gasteiger partial charge in [0, 0.05) is 30.2 Å². The summed E-state index contributed by atoms with van der Waals surface area (Å²) in [7, 11) is -1.83. The molecule has 0 spiro atoms. The number of nitrogens with zero attached hydrogens (tertiary/aromatic N) is 2. The van der Waals surface area contributed by atoms with Crippen molar-refractivity contribution >= 4 is 26.6 Å². The number of hydrogen-bond acceptors (Lipinski definition) is 3. The van der Waals surface area contributed by atoms with Crippen molar-refractivity contribution in [2.24, 2.45) is 0 Å². The van der Waals surface area contributed by atoms with E-state index in [9.17, 15) is 17.6 Å². The normalized spacial score (nSPS) is 15.3. The summed E-state index contributed by atoms with van der Waals surface area (Å²) in [5.74, 6) is -0.648. The molecule has 164 valence electrons. The summed E-state index contributed by atoms with van der Waals surface area (Å²) >= 11 is 0. The number of amides is 1. The van der Waals surface area contributed by atoms with E-state index in [1.165, 1.54) is 30.7 Å². The van der Waals surface area contributed by atoms with Crippen LogP contribution in [0, 0.1) is 5.82 Å². The van der Waals surface area contributed by atoms with Crippen LogP contribution in [0.5, 0.6) is 0 Å². The van der Waals surface area contributed by atoms with Crippen LogP contribution in [0.4, 0.5) is 4.39 Å². The number of sulfone groups is 1. The highest BCUT2D eigenvalue weighted by molar-refractivity contribution is 7.90. The maximum absolute atomic E-state index is 13.2. The largest absolute Gasteiger partial charge is 0.341 e. The number of rotatable bonds is 6. The molecule has 0 N–H and O–H groups in total. The number of carbonyl (C=O) groups excluding carboxylic acids is 1. The van der Waals surface area contributed by atoms with Crippen molar-refractivity contribution < 1.29 is 17.6 Å². The molecule has 1 aromatic heterocycles. The van der Waals surface area contributed by atoms with Crippen molar-refractivity contribution in [3.8, 4) is 0 Å². The minimum atomic E-state index is -3.68. The zero-order valence-electron chi connectivity index (χ0n) is 17.6. The summed E-state index contributed by atoms with van der Waals surface area (Å²) in [5.41, 5.74) is 1.23. The van der Waals surface area contributed by atoms with Gasteiger partial charge in [0.15, 0.2) is 9.84 Å². The van der Waals surface area contributed by atoms with Gasteiger partial charge in [-0.1, -0.05) is 49.6 Å². The second-order valence-electron chi connectivity index (χ2n) is 8.32. The Hall–Kier alpha value is -2.67. The number of hydrogen-bond donors (Lipinski definition) is 0. The molecule has 3 aromatic rings. The zero-order valence-corrected chi connectivity index (χ0v) is 18.4. The minimum absolute atomic E-state index is 0.0184. The van der Waals surface area contributed by atoms with Gasteiger partial charge < -0.3 is 9.47 Å². The molecule has 1 aliphatic rings. The highest BCUT2D eigenvalue weighted by Crippen LogP contribution is 2.29. The molecular weight excluding hydrogens is 415 g/mol. The van der Waals surface area contributed by atoms with Crippen molar-refractivity contribution in [2.75, 3.05) is 7.05 Å². The van der Waals surface area contributed by atoms with Crippen LogP contribution in [0.15, 0.2) is 59.6 Å². The lowest BCUT2D eigenvalue weighted by Crippen LogP contribution is -2.40. The highest BCUT2D eigenvalue weighted by atomic mass is 32.2. The fourth-order valence-electron chi connectivity index (χ4n) is 4.40. The van der Waals surface area contributed by atoms with E-state index in [2.05, 4.69) is 0 Å². The van der Waals surface area contributed by atoms with Crippen LogP contribution in [0.2, 0.25) is 0 Å². The molecule has 1 heterocycles. The van der Waals surface area contributed by atoms with E-state index in [1.807, 2.05) is 24.1 Å². The fourth-order valence-corrected chi connectivity index (χ4v) is 5.98. The molecule has 0 saturated heterocycles. The summed E-state index contributed by atoms with van der Waals surface area (Å²) in [4.78, 5) is 15.0. The van der Waals surface area contributed by atoms with Gasteiger partial charge in [-0.3, -0.25) is 4.79 Å². The molecule has 4 rings (SSSR count). The molecule has 1 saturated carbocycles. The van der Waals surface area contributed by atoms with Gasteiger partial charge in [-0.15, -0.1) is 0 Å². The first-order valence-corrected chi connectivity index (χ1v) is 12.3. The summed E-state index contributed by atoms with van der Waals surface area (Å²) < 4.78 is 41.3. The molecule has 31 heavy (non-hydrogen) atoms. The first-order valence-electron chi connectivity index (χ1n) is 10.7. The summed E-state index contributed by atoms with van der Waals surface area (Å²) in [6.07, 6.45) is 7.10. The summed E-state index contributed by atoms with van der Waals surface area (Å²) in [5, 5.41) is 0.595. The molecule has 1 fully saturated rings. The van der Waals surface area contributed by atoms with Crippen molar-refractivity contribution in [1.82, 2.24) is 9.47 Å². The van der Waals surface area contributed by atoms with Gasteiger partial charge in [0.2, 0.25) is 5.91 Å². The van der Waals surface area contributed by atoms with Gasteiger partial charge in [0.1, 0.15) is 12.4 Å². The third-order valence-electron chi connectivity index (χ3n) is 6.18. The molecule has 2 aromatic carbocycles. The van der Waals surface area contributed by atoms with E-state index in [1.54, 1.807) is 22.9 Å². The van der Waals surface area contributed by atoms with E-state index in [4.69, 9.17) is 0 Å². The number of aromatic nitrogens is 1. The van der Waals surface area contributed by atoms with Crippen LogP contribution in [0.3, 0.4) is 0 Å². The lowest BCUT2D eigenvalue weighted by molar-refractivity contribution is -0.133. The molecule has 0 radical (unpaired) electrons. The van der Waals surface area contributed by atoms with Crippen LogP contribution in [-0.2, 0) is 26.9 Å². The molecule has 5 nitrogen and oxygen atoms in total. The van der Waals surface area contributed by atoms with Crippen LogP contribution in [0.25, 0.3) is 10.9 Å². The van der Waals surface area contributed by atoms with Crippen LogP contribution in [-0.4, -0.2) is 36.9 Å². The van der Waals surface area contributed by atoms with E-state index >= 15 is 0 Å². The molecule has 0 bridgehead atoms. The topological polar surface area (TPSA) is 59.4 Å². The van der Waals surface area contributed by atoms with Gasteiger partial charge in [-0.25, -0.2) is 12.8 Å². The predicted octanol–water partition coefficient (Wildman–Crippen LogP) is 4.55. The standard InChI is InChI=1S/C24H27FN2O3S/c1-26(20-7-3-2-4-8-20)24(28)16-27-15-23(21-9-5-6-10-22(21)27)31(29,30)17-18-11-13-19(25)14-12-18/h5-6,9-15,20H,2-4,7-8,16-17H2,1H3. The third kappa shape index (κ3) is 4.66. The van der Waals surface area contributed by atoms with E-state index in [-0.39, 0.29) is 29.1 Å². The minimum Gasteiger partial charge on any atom is -0.341 e. The Kier molecular flexibility index (Phi) is 6.14. The predicted molar refractivity (Wildman–Crippen MR) is 119 cm³/mol. The lowest BCUT2D eigenvalue weighted by atomic mass is 9.94. The molecule has 1 amide bonds. The van der Waals surface area contributed by atoms with Gasteiger partial charge in [-0.2, -0.15) is 0 Å². The van der Waals surface area contributed by atoms with Crippen LogP contribution >= 0.6 is 0 Å². The Morgan fingerprint density at radius 2 is 1.74 bits per heavy atom. The average Bonchev–Trinajstić information content (AvgIpc) is 3.15. The second kappa shape index (κ2) is 8.83. The quantitative estimate of drug-likeness (QED) is 0.563. The van der Waals surface area contributed by atoms with Crippen molar-refractivity contribution in [1.29, 1.82) is 0 Å². The van der Waals surface area contributed by atoms with Gasteiger partial charge in [-0.05, 0) is 36.6 Å². The Labute approximate surface area is 182 Å². The molecular formula is C24H27FN2O3S. The molecule has 0 aliphatic heterocycles. The van der Waals surface area contributed by atoms with Crippen molar-refractivity contribution in [3.63, 3.8) is 0 Å². The molecule has 0 atom stereocenters. The average molecular weight is 443 g/mol. The number of halogens is 1. The Morgan fingerprint density at radius 1 is 1.06 bits per heavy atom. The number of likely N-dealkylation sites (N-methyl/N-ethyl adjacent to an activating group) is 1. The van der Waals surface area contributed by atoms with Crippen molar-refractivity contribution in [2.45, 2.75) is 55.3 Å². The number of carbonyl (C=O) groups is 1. The Balaban J connectivity index is 1.62. The maximum Gasteiger partial charge on any atom is 0.242 e. The second-order valence-corrected chi connectivity index (χ2v) is 10.3. The lowest BCUT2D eigenvalue weighted by Gasteiger charge is -2.31. The van der Waals surface area contributed by atoms with Crippen molar-refractivity contribution in [3.05, 3.63) is 66.1 Å². The van der Waals surface area contributed by atoms with Gasteiger partial charge in [0.05, 0.1) is 10.6 Å². The number of benzene rings is 2. The van der Waals surface area contributed by atoms with E-state index in [0.717, 1.165) is 25.7 Å². The Morgan fingerprint density at radius 3 is 2.45 bits per heavy atom. The molecule has 0 unspecified atom stereocenters. The SMILES string of the molecule is CN(C(=O)Cn1cc(S(=O)(=O)Cc2ccc(F)cc2)c2ccccc21)C1CCCCC1. The number of para-hydroxylation sites is 1. The number of fused-ring (bicyclic) bond motifs is 1. The van der Waals surface area contributed by atoms with Gasteiger partial charge in [0.25, 0.3) is 0 Å². The zero-order chi connectivity index (χ0) is 22.0. The van der Waals surface area contributed by atoms with Gasteiger partial charge >= 0.3 is 0 Å². The molecule has 7 heteroatoms. The van der Waals surface area contributed by atoms with E-state index in [0.29, 0.717) is 16.5 Å². The summed E-state index contributed by atoms with van der Waals surface area (Å²) in [6, 6.07) is 13.0. The smallest absolute Gasteiger partial charge is 0.242 e. The molecule has 1 aliphatic carbocycles. The third-order valence-corrected chi connectivity index (χ3v) is 7.89. The maximum atomic E-state index is 13.2. The Bertz CT molecular complexity index is 1180. The van der Waals surface area contributed by atoms with E-state index < -0.39 is 15.7 Å². The first-order chi connectivity index (χ1) is 14.8. The highest BCUT2D eigenvalue weighted by Gasteiger charge is 2.25. The fraction of sp³-hybridized carbons (Fsp3) is 0.375. The monoisotopic (exact) mass is 442 g/mol.